The van der Waals surface area contributed by atoms with Gasteiger partial charge in [-0.25, -0.2) is 4.79 Å². The lowest BCUT2D eigenvalue weighted by Crippen LogP contribution is -2.54. The summed E-state index contributed by atoms with van der Waals surface area (Å²) in [5.41, 5.74) is 0.712. The van der Waals surface area contributed by atoms with E-state index in [0.29, 0.717) is 5.56 Å². The van der Waals surface area contributed by atoms with Crippen LogP contribution in [0.25, 0.3) is 0 Å². The average Bonchev–Trinajstić information content (AvgIpc) is 2.38. The van der Waals surface area contributed by atoms with Crippen LogP contribution in [0.15, 0.2) is 24.5 Å². The zero-order valence-corrected chi connectivity index (χ0v) is 10.8. The lowest BCUT2D eigenvalue weighted by Gasteiger charge is -2.41. The van der Waals surface area contributed by atoms with Crippen LogP contribution in [-0.2, 0) is 14.3 Å². The van der Waals surface area contributed by atoms with Crippen molar-refractivity contribution in [1.82, 2.24) is 9.88 Å². The zero-order chi connectivity index (χ0) is 14.0. The number of carboxylic acids is 1. The van der Waals surface area contributed by atoms with E-state index < -0.39 is 18.1 Å². The predicted octanol–water partition coefficient (Wildman–Crippen LogP) is 0.843. The van der Waals surface area contributed by atoms with Gasteiger partial charge in [-0.2, -0.15) is 0 Å². The van der Waals surface area contributed by atoms with E-state index in [0.717, 1.165) is 0 Å². The van der Waals surface area contributed by atoms with E-state index >= 15 is 0 Å². The fourth-order valence-corrected chi connectivity index (χ4v) is 2.34. The Hall–Kier alpha value is -1.95. The summed E-state index contributed by atoms with van der Waals surface area (Å²) in [5.74, 6) is -1.27. The van der Waals surface area contributed by atoms with Gasteiger partial charge in [0.25, 0.3) is 0 Å². The molecule has 6 heteroatoms. The normalized spacial score (nSPS) is 23.7. The molecule has 102 valence electrons. The highest BCUT2D eigenvalue weighted by Gasteiger charge is 2.42. The lowest BCUT2D eigenvalue weighted by molar-refractivity contribution is -0.175. The molecule has 2 atom stereocenters. The number of hydrogen-bond acceptors (Lipinski definition) is 4. The van der Waals surface area contributed by atoms with Crippen molar-refractivity contribution >= 4 is 11.9 Å². The van der Waals surface area contributed by atoms with Crippen LogP contribution >= 0.6 is 0 Å². The fourth-order valence-electron chi connectivity index (χ4n) is 2.34. The molecule has 0 saturated carbocycles. The van der Waals surface area contributed by atoms with E-state index in [1.165, 1.54) is 0 Å². The van der Waals surface area contributed by atoms with Crippen LogP contribution in [0, 0.1) is 0 Å². The van der Waals surface area contributed by atoms with Gasteiger partial charge in [-0.3, -0.25) is 9.78 Å². The van der Waals surface area contributed by atoms with Crippen LogP contribution in [0.5, 0.6) is 0 Å². The highest BCUT2D eigenvalue weighted by Crippen LogP contribution is 2.31. The number of carbonyl (C=O) groups is 2. The van der Waals surface area contributed by atoms with Gasteiger partial charge in [-0.15, -0.1) is 0 Å². The number of carboxylic acid groups (broad SMARTS) is 1. The van der Waals surface area contributed by atoms with Crippen LogP contribution in [0.3, 0.4) is 0 Å². The first kappa shape index (κ1) is 13.5. The second-order valence-corrected chi connectivity index (χ2v) is 4.69. The Balaban J connectivity index is 2.44. The third-order valence-corrected chi connectivity index (χ3v) is 3.11. The van der Waals surface area contributed by atoms with Gasteiger partial charge in [0.2, 0.25) is 5.91 Å². The van der Waals surface area contributed by atoms with Crippen molar-refractivity contribution in [1.29, 1.82) is 0 Å². The maximum Gasteiger partial charge on any atom is 0.335 e. The van der Waals surface area contributed by atoms with Gasteiger partial charge in [-0.05, 0) is 31.5 Å². The predicted molar refractivity (Wildman–Crippen MR) is 66.3 cm³/mol. The van der Waals surface area contributed by atoms with Crippen molar-refractivity contribution in [2.75, 3.05) is 6.61 Å². The third-order valence-electron chi connectivity index (χ3n) is 3.11. The molecule has 1 N–H and O–H groups in total. The molecule has 1 aliphatic heterocycles. The molecule has 0 bridgehead atoms. The van der Waals surface area contributed by atoms with Gasteiger partial charge in [-0.1, -0.05) is 0 Å². The van der Waals surface area contributed by atoms with Crippen molar-refractivity contribution in [2.24, 2.45) is 0 Å². The highest BCUT2D eigenvalue weighted by molar-refractivity contribution is 5.83. The van der Waals surface area contributed by atoms with Crippen LogP contribution in [-0.4, -0.2) is 45.6 Å². The molecule has 19 heavy (non-hydrogen) atoms. The molecule has 2 unspecified atom stereocenters. The standard InChI is InChI=1S/C13H16N2O4/c1-8(2)15-10(16)7-19-12(13(17)18)11(15)9-3-5-14-6-4-9/h3-6,8,11-12H,7H2,1-2H3,(H,17,18). The first-order valence-electron chi connectivity index (χ1n) is 6.08. The Labute approximate surface area is 111 Å². The number of rotatable bonds is 3. The second kappa shape index (κ2) is 5.36. The highest BCUT2D eigenvalue weighted by atomic mass is 16.5. The Bertz CT molecular complexity index is 475. The summed E-state index contributed by atoms with van der Waals surface area (Å²) in [6.07, 6.45) is 2.10. The van der Waals surface area contributed by atoms with E-state index in [9.17, 15) is 14.7 Å². The molecule has 0 aliphatic carbocycles. The van der Waals surface area contributed by atoms with Crippen molar-refractivity contribution in [2.45, 2.75) is 32.0 Å². The Morgan fingerprint density at radius 3 is 2.63 bits per heavy atom. The number of hydrogen-bond donors (Lipinski definition) is 1. The van der Waals surface area contributed by atoms with E-state index in [4.69, 9.17) is 4.74 Å². The lowest BCUT2D eigenvalue weighted by atomic mass is 9.97. The van der Waals surface area contributed by atoms with Gasteiger partial charge in [0.15, 0.2) is 6.10 Å². The monoisotopic (exact) mass is 264 g/mol. The van der Waals surface area contributed by atoms with Gasteiger partial charge in [0.1, 0.15) is 6.61 Å². The minimum Gasteiger partial charge on any atom is -0.479 e. The number of carbonyl (C=O) groups excluding carboxylic acids is 1. The molecule has 6 nitrogen and oxygen atoms in total. The van der Waals surface area contributed by atoms with Crippen molar-refractivity contribution < 1.29 is 19.4 Å². The van der Waals surface area contributed by atoms with Crippen LogP contribution in [0.1, 0.15) is 25.5 Å². The summed E-state index contributed by atoms with van der Waals surface area (Å²) in [6, 6.07) is 2.69. The molecule has 0 radical (unpaired) electrons. The summed E-state index contributed by atoms with van der Waals surface area (Å²) < 4.78 is 5.19. The van der Waals surface area contributed by atoms with Gasteiger partial charge >= 0.3 is 5.97 Å². The summed E-state index contributed by atoms with van der Waals surface area (Å²) in [6.45, 7) is 3.52. The van der Waals surface area contributed by atoms with Gasteiger partial charge in [0.05, 0.1) is 6.04 Å². The van der Waals surface area contributed by atoms with Crippen LogP contribution < -0.4 is 0 Å². The summed E-state index contributed by atoms with van der Waals surface area (Å²) in [5, 5.41) is 9.28. The van der Waals surface area contributed by atoms with Crippen molar-refractivity contribution in [3.8, 4) is 0 Å². The first-order chi connectivity index (χ1) is 9.02. The maximum atomic E-state index is 12.0. The molecule has 1 aromatic heterocycles. The average molecular weight is 264 g/mol. The summed E-state index contributed by atoms with van der Waals surface area (Å²) in [7, 11) is 0. The van der Waals surface area contributed by atoms with Crippen LogP contribution in [0.4, 0.5) is 0 Å². The van der Waals surface area contributed by atoms with E-state index in [2.05, 4.69) is 4.98 Å². The zero-order valence-electron chi connectivity index (χ0n) is 10.8. The molecule has 0 spiro atoms. The fraction of sp³-hybridized carbons (Fsp3) is 0.462. The maximum absolute atomic E-state index is 12.0. The number of aliphatic carboxylic acids is 1. The largest absolute Gasteiger partial charge is 0.479 e. The first-order valence-corrected chi connectivity index (χ1v) is 6.08. The van der Waals surface area contributed by atoms with Gasteiger partial charge < -0.3 is 14.7 Å². The number of amides is 1. The van der Waals surface area contributed by atoms with Gasteiger partial charge in [0, 0.05) is 18.4 Å². The molecule has 2 rings (SSSR count). The van der Waals surface area contributed by atoms with Crippen molar-refractivity contribution in [3.05, 3.63) is 30.1 Å². The molecule has 1 aromatic rings. The van der Waals surface area contributed by atoms with E-state index in [1.54, 1.807) is 29.4 Å². The quantitative estimate of drug-likeness (QED) is 0.875. The molecular weight excluding hydrogens is 248 g/mol. The minimum atomic E-state index is -1.07. The minimum absolute atomic E-state index is 0.101. The second-order valence-electron chi connectivity index (χ2n) is 4.69. The number of pyridine rings is 1. The van der Waals surface area contributed by atoms with E-state index in [1.807, 2.05) is 13.8 Å². The number of aromatic nitrogens is 1. The Kier molecular flexibility index (Phi) is 3.80. The number of ether oxygens (including phenoxy) is 1. The molecule has 1 aliphatic rings. The Morgan fingerprint density at radius 2 is 2.11 bits per heavy atom. The molecule has 1 fully saturated rings. The molecular formula is C13H16N2O4. The smallest absolute Gasteiger partial charge is 0.335 e. The number of morpholine rings is 1. The molecule has 1 saturated heterocycles. The topological polar surface area (TPSA) is 79.7 Å². The summed E-state index contributed by atoms with van der Waals surface area (Å²) in [4.78, 5) is 28.8. The third kappa shape index (κ3) is 2.58. The summed E-state index contributed by atoms with van der Waals surface area (Å²) >= 11 is 0. The molecule has 1 amide bonds. The SMILES string of the molecule is CC(C)N1C(=O)COC(C(=O)O)C1c1ccncc1. The van der Waals surface area contributed by atoms with E-state index in [-0.39, 0.29) is 18.6 Å². The van der Waals surface area contributed by atoms with Crippen LogP contribution in [0.2, 0.25) is 0 Å². The molecule has 2 heterocycles. The molecule has 0 aromatic carbocycles. The Morgan fingerprint density at radius 1 is 1.47 bits per heavy atom. The number of nitrogens with zero attached hydrogens (tertiary/aromatic N) is 2. The van der Waals surface area contributed by atoms with Crippen molar-refractivity contribution in [3.63, 3.8) is 0 Å².